The Morgan fingerprint density at radius 1 is 1.06 bits per heavy atom. The fourth-order valence-electron chi connectivity index (χ4n) is 4.47. The number of benzene rings is 2. The minimum absolute atomic E-state index is 0.112. The van der Waals surface area contributed by atoms with Crippen molar-refractivity contribution in [1.82, 2.24) is 10.2 Å². The smallest absolute Gasteiger partial charge is 0.312 e. The molecule has 0 aromatic heterocycles. The van der Waals surface area contributed by atoms with Crippen molar-refractivity contribution < 1.29 is 9.59 Å². The van der Waals surface area contributed by atoms with Crippen molar-refractivity contribution in [2.75, 3.05) is 12.4 Å². The molecule has 1 unspecified atom stereocenters. The molecule has 2 aromatic rings. The van der Waals surface area contributed by atoms with Crippen molar-refractivity contribution in [3.63, 3.8) is 0 Å². The summed E-state index contributed by atoms with van der Waals surface area (Å²) in [7, 11) is 2.17. The number of nitrogens with zero attached hydrogens (tertiary/aromatic N) is 1. The second-order valence-electron chi connectivity index (χ2n) is 8.53. The third-order valence-electron chi connectivity index (χ3n) is 6.18. The maximum Gasteiger partial charge on any atom is 0.312 e. The number of rotatable bonds is 8. The molecule has 0 spiro atoms. The molecule has 0 saturated heterocycles. The molecule has 1 fully saturated rings. The number of anilines is 1. The Kier molecular flexibility index (Phi) is 8.06. The molecule has 31 heavy (non-hydrogen) atoms. The van der Waals surface area contributed by atoms with E-state index in [2.05, 4.69) is 28.6 Å². The number of nitrogens with one attached hydrogen (secondary N) is 2. The van der Waals surface area contributed by atoms with Crippen molar-refractivity contribution in [3.8, 4) is 0 Å². The van der Waals surface area contributed by atoms with Gasteiger partial charge in [0.25, 0.3) is 0 Å². The van der Waals surface area contributed by atoms with Gasteiger partial charge in [-0.05, 0) is 49.6 Å². The highest BCUT2D eigenvalue weighted by Crippen LogP contribution is 2.26. The van der Waals surface area contributed by atoms with Crippen molar-refractivity contribution in [2.24, 2.45) is 5.73 Å². The average molecular weight is 423 g/mol. The van der Waals surface area contributed by atoms with Crippen LogP contribution in [0.1, 0.15) is 61.3 Å². The lowest BCUT2D eigenvalue weighted by Crippen LogP contribution is -2.35. The lowest BCUT2D eigenvalue weighted by atomic mass is 9.94. The van der Waals surface area contributed by atoms with E-state index in [-0.39, 0.29) is 12.3 Å². The lowest BCUT2D eigenvalue weighted by molar-refractivity contribution is -0.116. The van der Waals surface area contributed by atoms with Gasteiger partial charge in [-0.3, -0.25) is 9.69 Å². The number of para-hydroxylation sites is 1. The quantitative estimate of drug-likeness (QED) is 0.585. The van der Waals surface area contributed by atoms with Crippen molar-refractivity contribution in [2.45, 2.75) is 64.1 Å². The first kappa shape index (κ1) is 22.8. The number of urea groups is 1. The number of amides is 3. The van der Waals surface area contributed by atoms with Gasteiger partial charge in [0.15, 0.2) is 0 Å². The average Bonchev–Trinajstić information content (AvgIpc) is 2.75. The predicted molar refractivity (Wildman–Crippen MR) is 125 cm³/mol. The number of hydrogen-bond donors (Lipinski definition) is 3. The van der Waals surface area contributed by atoms with E-state index in [0.29, 0.717) is 6.04 Å². The second kappa shape index (κ2) is 11.0. The molecule has 0 aliphatic heterocycles. The summed E-state index contributed by atoms with van der Waals surface area (Å²) in [6.07, 6.45) is 6.50. The highest BCUT2D eigenvalue weighted by atomic mass is 16.2. The molecule has 6 heteroatoms. The molecule has 0 radical (unpaired) electrons. The van der Waals surface area contributed by atoms with Crippen molar-refractivity contribution >= 4 is 17.6 Å². The number of carbonyl (C=O) groups excluding carboxylic acids is 2. The molecule has 2 aromatic carbocycles. The van der Waals surface area contributed by atoms with Crippen LogP contribution in [0.2, 0.25) is 0 Å². The van der Waals surface area contributed by atoms with Crippen LogP contribution in [0.15, 0.2) is 48.5 Å². The van der Waals surface area contributed by atoms with Gasteiger partial charge in [0.1, 0.15) is 0 Å². The minimum atomic E-state index is -0.643. The highest BCUT2D eigenvalue weighted by Gasteiger charge is 2.21. The zero-order valence-corrected chi connectivity index (χ0v) is 18.6. The summed E-state index contributed by atoms with van der Waals surface area (Å²) in [5, 5.41) is 5.77. The Labute approximate surface area is 185 Å². The molecule has 166 valence electrons. The summed E-state index contributed by atoms with van der Waals surface area (Å²) in [4.78, 5) is 26.8. The standard InChI is InChI=1S/C25H34N4O2/c1-18-10-6-8-14-21(18)23(28-25(26)31)16-24(30)27-22-15-9-7-11-19(22)17-29(2)20-12-4-3-5-13-20/h6-11,14-15,20,23H,3-5,12-13,16-17H2,1-2H3,(H,27,30)(H3,26,28,31). The molecular formula is C25H34N4O2. The molecule has 0 heterocycles. The van der Waals surface area contributed by atoms with E-state index in [1.807, 2.05) is 49.4 Å². The Bertz CT molecular complexity index is 893. The van der Waals surface area contributed by atoms with Gasteiger partial charge >= 0.3 is 6.03 Å². The van der Waals surface area contributed by atoms with E-state index in [0.717, 1.165) is 28.9 Å². The van der Waals surface area contributed by atoms with Crippen LogP contribution >= 0.6 is 0 Å². The maximum atomic E-state index is 12.9. The van der Waals surface area contributed by atoms with E-state index >= 15 is 0 Å². The van der Waals surface area contributed by atoms with Gasteiger partial charge in [-0.25, -0.2) is 4.79 Å². The third kappa shape index (κ3) is 6.56. The molecule has 1 aliphatic carbocycles. The Hall–Kier alpha value is -2.86. The zero-order valence-electron chi connectivity index (χ0n) is 18.6. The maximum absolute atomic E-state index is 12.9. The second-order valence-corrected chi connectivity index (χ2v) is 8.53. The van der Waals surface area contributed by atoms with Crippen LogP contribution in [-0.4, -0.2) is 29.9 Å². The van der Waals surface area contributed by atoms with Gasteiger partial charge < -0.3 is 16.4 Å². The summed E-state index contributed by atoms with van der Waals surface area (Å²) < 4.78 is 0. The summed E-state index contributed by atoms with van der Waals surface area (Å²) in [5.41, 5.74) is 9.18. The minimum Gasteiger partial charge on any atom is -0.352 e. The van der Waals surface area contributed by atoms with Crippen LogP contribution in [-0.2, 0) is 11.3 Å². The number of aryl methyl sites for hydroxylation is 1. The van der Waals surface area contributed by atoms with Gasteiger partial charge in [-0.2, -0.15) is 0 Å². The molecule has 0 bridgehead atoms. The van der Waals surface area contributed by atoms with Crippen LogP contribution < -0.4 is 16.4 Å². The van der Waals surface area contributed by atoms with Gasteiger partial charge in [-0.15, -0.1) is 0 Å². The zero-order chi connectivity index (χ0) is 22.2. The van der Waals surface area contributed by atoms with E-state index in [1.54, 1.807) is 0 Å². The topological polar surface area (TPSA) is 87.5 Å². The largest absolute Gasteiger partial charge is 0.352 e. The molecule has 4 N–H and O–H groups in total. The van der Waals surface area contributed by atoms with Gasteiger partial charge in [0.2, 0.25) is 5.91 Å². The van der Waals surface area contributed by atoms with Crippen molar-refractivity contribution in [1.29, 1.82) is 0 Å². The Morgan fingerprint density at radius 2 is 1.74 bits per heavy atom. The monoisotopic (exact) mass is 422 g/mol. The number of carbonyl (C=O) groups is 2. The Morgan fingerprint density at radius 3 is 2.45 bits per heavy atom. The normalized spacial score (nSPS) is 15.5. The van der Waals surface area contributed by atoms with E-state index < -0.39 is 12.1 Å². The van der Waals surface area contributed by atoms with Crippen LogP contribution in [0.3, 0.4) is 0 Å². The van der Waals surface area contributed by atoms with Crippen LogP contribution in [0.25, 0.3) is 0 Å². The summed E-state index contributed by atoms with van der Waals surface area (Å²) >= 11 is 0. The van der Waals surface area contributed by atoms with E-state index in [4.69, 9.17) is 5.73 Å². The Balaban J connectivity index is 1.69. The van der Waals surface area contributed by atoms with Gasteiger partial charge in [-0.1, -0.05) is 61.7 Å². The highest BCUT2D eigenvalue weighted by molar-refractivity contribution is 5.92. The van der Waals surface area contributed by atoms with Crippen LogP contribution in [0.4, 0.5) is 10.5 Å². The third-order valence-corrected chi connectivity index (χ3v) is 6.18. The SMILES string of the molecule is Cc1ccccc1C(CC(=O)Nc1ccccc1CN(C)C1CCCCC1)NC(N)=O. The van der Waals surface area contributed by atoms with Crippen LogP contribution in [0, 0.1) is 6.92 Å². The summed E-state index contributed by atoms with van der Waals surface area (Å²) in [6, 6.07) is 15.1. The van der Waals surface area contributed by atoms with Crippen molar-refractivity contribution in [3.05, 3.63) is 65.2 Å². The summed E-state index contributed by atoms with van der Waals surface area (Å²) in [6.45, 7) is 2.75. The molecule has 3 rings (SSSR count). The first-order valence-corrected chi connectivity index (χ1v) is 11.1. The fourth-order valence-corrected chi connectivity index (χ4v) is 4.47. The number of hydrogen-bond acceptors (Lipinski definition) is 3. The van der Waals surface area contributed by atoms with E-state index in [1.165, 1.54) is 32.1 Å². The van der Waals surface area contributed by atoms with Crippen LogP contribution in [0.5, 0.6) is 0 Å². The molecule has 1 aliphatic rings. The molecule has 1 atom stereocenters. The van der Waals surface area contributed by atoms with Gasteiger partial charge in [0, 0.05) is 18.3 Å². The van der Waals surface area contributed by atoms with Gasteiger partial charge in [0.05, 0.1) is 12.5 Å². The number of primary amides is 1. The fraction of sp³-hybridized carbons (Fsp3) is 0.440. The number of nitrogens with two attached hydrogens (primary N) is 1. The first-order valence-electron chi connectivity index (χ1n) is 11.1. The molecular weight excluding hydrogens is 388 g/mol. The summed E-state index contributed by atoms with van der Waals surface area (Å²) in [5.74, 6) is -0.158. The predicted octanol–water partition coefficient (Wildman–Crippen LogP) is 4.50. The van der Waals surface area contributed by atoms with E-state index in [9.17, 15) is 9.59 Å². The molecule has 1 saturated carbocycles. The molecule has 3 amide bonds. The first-order chi connectivity index (χ1) is 14.9. The molecule has 6 nitrogen and oxygen atoms in total. The lowest BCUT2D eigenvalue weighted by Gasteiger charge is -2.31.